The van der Waals surface area contributed by atoms with Crippen LogP contribution in [0, 0.1) is 16.0 Å². The highest BCUT2D eigenvalue weighted by Crippen LogP contribution is 2.28. The normalized spacial score (nSPS) is 15.0. The number of nitro benzene ring substituents is 1. The molecule has 4 nitrogen and oxygen atoms in total. The zero-order valence-corrected chi connectivity index (χ0v) is 13.4. The number of rotatable bonds is 5. The molecule has 4 heteroatoms. The molecule has 0 bridgehead atoms. The number of hydrogen-bond acceptors (Lipinski definition) is 3. The largest absolute Gasteiger partial charge is 0.288 e. The molecule has 0 heterocycles. The van der Waals surface area contributed by atoms with Crippen LogP contribution in [-0.2, 0) is 0 Å². The molecule has 0 unspecified atom stereocenters. The molecular weight excluding hydrogens is 302 g/mol. The average molecular weight is 321 g/mol. The molecule has 24 heavy (non-hydrogen) atoms. The van der Waals surface area contributed by atoms with Crippen molar-refractivity contribution in [1.82, 2.24) is 0 Å². The molecule has 0 spiro atoms. The van der Waals surface area contributed by atoms with Gasteiger partial charge in [0.25, 0.3) is 5.69 Å². The molecule has 0 N–H and O–H groups in total. The molecule has 1 saturated carbocycles. The second-order valence-electron chi connectivity index (χ2n) is 6.13. The van der Waals surface area contributed by atoms with E-state index in [4.69, 9.17) is 0 Å². The van der Waals surface area contributed by atoms with Crippen molar-refractivity contribution in [3.05, 3.63) is 81.4 Å². The third-order valence-electron chi connectivity index (χ3n) is 4.46. The third kappa shape index (κ3) is 3.59. The van der Waals surface area contributed by atoms with E-state index < -0.39 is 4.92 Å². The monoisotopic (exact) mass is 321 g/mol. The summed E-state index contributed by atoms with van der Waals surface area (Å²) in [5, 5.41) is 11.3. The fourth-order valence-corrected chi connectivity index (χ4v) is 3.14. The Balaban J connectivity index is 1.94. The Bertz CT molecular complexity index is 775. The summed E-state index contributed by atoms with van der Waals surface area (Å²) in [6.45, 7) is 0. The van der Waals surface area contributed by atoms with Gasteiger partial charge in [0.05, 0.1) is 4.92 Å². The molecule has 1 fully saturated rings. The first kappa shape index (κ1) is 16.1. The zero-order chi connectivity index (χ0) is 16.9. The van der Waals surface area contributed by atoms with E-state index in [-0.39, 0.29) is 17.0 Å². The van der Waals surface area contributed by atoms with Crippen molar-refractivity contribution in [2.45, 2.75) is 25.7 Å². The molecule has 0 aromatic heterocycles. The maximum atomic E-state index is 12.7. The fourth-order valence-electron chi connectivity index (χ4n) is 3.14. The minimum absolute atomic E-state index is 0.139. The molecule has 2 aromatic carbocycles. The van der Waals surface area contributed by atoms with Gasteiger partial charge in [0, 0.05) is 11.6 Å². The topological polar surface area (TPSA) is 60.2 Å². The van der Waals surface area contributed by atoms with E-state index in [2.05, 4.69) is 6.08 Å². The quantitative estimate of drug-likeness (QED) is 0.441. The molecule has 2 aromatic rings. The van der Waals surface area contributed by atoms with E-state index in [0.717, 1.165) is 5.56 Å². The van der Waals surface area contributed by atoms with Gasteiger partial charge in [0.1, 0.15) is 5.56 Å². The first-order valence-corrected chi connectivity index (χ1v) is 8.21. The Labute approximate surface area is 141 Å². The lowest BCUT2D eigenvalue weighted by atomic mass is 9.98. The summed E-state index contributed by atoms with van der Waals surface area (Å²) in [7, 11) is 0. The van der Waals surface area contributed by atoms with E-state index >= 15 is 0 Å². The molecule has 0 saturated heterocycles. The molecule has 1 aliphatic carbocycles. The Morgan fingerprint density at radius 3 is 2.46 bits per heavy atom. The predicted molar refractivity (Wildman–Crippen MR) is 94.0 cm³/mol. The van der Waals surface area contributed by atoms with E-state index in [1.807, 2.05) is 12.1 Å². The van der Waals surface area contributed by atoms with Gasteiger partial charge < -0.3 is 0 Å². The summed E-state index contributed by atoms with van der Waals surface area (Å²) in [4.78, 5) is 23.4. The van der Waals surface area contributed by atoms with Gasteiger partial charge in [-0.1, -0.05) is 55.3 Å². The van der Waals surface area contributed by atoms with Crippen molar-refractivity contribution < 1.29 is 9.72 Å². The Kier molecular flexibility index (Phi) is 4.85. The van der Waals surface area contributed by atoms with Gasteiger partial charge in [-0.15, -0.1) is 0 Å². The van der Waals surface area contributed by atoms with Gasteiger partial charge in [-0.25, -0.2) is 0 Å². The number of allylic oxidation sites excluding steroid dienone is 1. The van der Waals surface area contributed by atoms with Crippen LogP contribution in [0.1, 0.15) is 47.2 Å². The van der Waals surface area contributed by atoms with Crippen molar-refractivity contribution in [3.8, 4) is 0 Å². The van der Waals surface area contributed by atoms with Gasteiger partial charge >= 0.3 is 0 Å². The molecule has 3 rings (SSSR count). The Morgan fingerprint density at radius 1 is 1.08 bits per heavy atom. The molecule has 122 valence electrons. The highest BCUT2D eigenvalue weighted by molar-refractivity contribution is 6.11. The van der Waals surface area contributed by atoms with Gasteiger partial charge in [-0.05, 0) is 36.5 Å². The van der Waals surface area contributed by atoms with Gasteiger partial charge in [-0.2, -0.15) is 0 Å². The second kappa shape index (κ2) is 7.21. The van der Waals surface area contributed by atoms with E-state index in [1.54, 1.807) is 36.4 Å². The number of benzene rings is 2. The van der Waals surface area contributed by atoms with Crippen molar-refractivity contribution in [3.63, 3.8) is 0 Å². The summed E-state index contributed by atoms with van der Waals surface area (Å²) < 4.78 is 0. The van der Waals surface area contributed by atoms with Crippen molar-refractivity contribution >= 4 is 17.5 Å². The first-order valence-electron chi connectivity index (χ1n) is 8.21. The predicted octanol–water partition coefficient (Wildman–Crippen LogP) is 5.03. The summed E-state index contributed by atoms with van der Waals surface area (Å²) in [6.07, 6.45) is 9.03. The second-order valence-corrected chi connectivity index (χ2v) is 6.13. The van der Waals surface area contributed by atoms with E-state index in [1.165, 1.54) is 31.7 Å². The molecule has 0 atom stereocenters. The van der Waals surface area contributed by atoms with Crippen LogP contribution in [0.3, 0.4) is 0 Å². The summed E-state index contributed by atoms with van der Waals surface area (Å²) in [6, 6.07) is 13.4. The number of carbonyl (C=O) groups is 1. The van der Waals surface area contributed by atoms with Gasteiger partial charge in [-0.3, -0.25) is 14.9 Å². The summed E-state index contributed by atoms with van der Waals surface area (Å²) in [5.41, 5.74) is 1.27. The molecule has 0 amide bonds. The van der Waals surface area contributed by atoms with E-state index in [9.17, 15) is 14.9 Å². The number of hydrogen-bond donors (Lipinski definition) is 0. The van der Waals surface area contributed by atoms with Crippen LogP contribution >= 0.6 is 0 Å². The Hall–Kier alpha value is -2.75. The number of carbonyl (C=O) groups excluding carboxylic acids is 1. The van der Waals surface area contributed by atoms with Crippen LogP contribution in [0.25, 0.3) is 6.08 Å². The minimum atomic E-state index is -0.499. The van der Waals surface area contributed by atoms with Crippen LogP contribution in [0.2, 0.25) is 0 Å². The number of nitro groups is 1. The lowest BCUT2D eigenvalue weighted by Gasteiger charge is -2.05. The van der Waals surface area contributed by atoms with Crippen LogP contribution in [0.4, 0.5) is 5.69 Å². The summed E-state index contributed by atoms with van der Waals surface area (Å²) >= 11 is 0. The summed E-state index contributed by atoms with van der Waals surface area (Å²) in [5.74, 6) is 0.256. The van der Waals surface area contributed by atoms with Gasteiger partial charge in [0.15, 0.2) is 5.78 Å². The van der Waals surface area contributed by atoms with Gasteiger partial charge in [0.2, 0.25) is 0 Å². The minimum Gasteiger partial charge on any atom is -0.288 e. The lowest BCUT2D eigenvalue weighted by Crippen LogP contribution is -2.05. The van der Waals surface area contributed by atoms with Crippen molar-refractivity contribution in [1.29, 1.82) is 0 Å². The van der Waals surface area contributed by atoms with Crippen LogP contribution < -0.4 is 0 Å². The van der Waals surface area contributed by atoms with E-state index in [0.29, 0.717) is 11.5 Å². The standard InChI is InChI=1S/C20H19NO3/c22-20(17-8-2-1-3-9-17)18-14-16(12-13-19(18)21(23)24)11-10-15-6-4-5-7-15/h1-3,8-15H,4-7H2/b11-10+. The number of nitrogens with zero attached hydrogens (tertiary/aromatic N) is 1. The van der Waals surface area contributed by atoms with Crippen LogP contribution in [-0.4, -0.2) is 10.7 Å². The maximum Gasteiger partial charge on any atom is 0.280 e. The first-order chi connectivity index (χ1) is 11.6. The maximum absolute atomic E-state index is 12.7. The molecular formula is C20H19NO3. The molecule has 0 aliphatic heterocycles. The average Bonchev–Trinajstić information content (AvgIpc) is 3.13. The van der Waals surface area contributed by atoms with Crippen LogP contribution in [0.5, 0.6) is 0 Å². The lowest BCUT2D eigenvalue weighted by molar-refractivity contribution is -0.385. The van der Waals surface area contributed by atoms with Crippen molar-refractivity contribution in [2.24, 2.45) is 5.92 Å². The zero-order valence-electron chi connectivity index (χ0n) is 13.4. The number of ketones is 1. The Morgan fingerprint density at radius 2 is 1.79 bits per heavy atom. The smallest absolute Gasteiger partial charge is 0.280 e. The van der Waals surface area contributed by atoms with Crippen molar-refractivity contribution in [2.75, 3.05) is 0 Å². The SMILES string of the molecule is O=C(c1ccccc1)c1cc(/C=C/C2CCCC2)ccc1[N+](=O)[O-]. The molecule has 0 radical (unpaired) electrons. The highest BCUT2D eigenvalue weighted by atomic mass is 16.6. The molecule has 1 aliphatic rings. The third-order valence-corrected chi connectivity index (χ3v) is 4.46. The van der Waals surface area contributed by atoms with Crippen LogP contribution in [0.15, 0.2) is 54.6 Å². The fraction of sp³-hybridized carbons (Fsp3) is 0.250. The highest BCUT2D eigenvalue weighted by Gasteiger charge is 2.21.